The van der Waals surface area contributed by atoms with Gasteiger partial charge in [0.2, 0.25) is 0 Å². The quantitative estimate of drug-likeness (QED) is 0.850. The topological polar surface area (TPSA) is 12.0 Å². The fourth-order valence-electron chi connectivity index (χ4n) is 2.84. The Kier molecular flexibility index (Phi) is 2.49. The van der Waals surface area contributed by atoms with E-state index in [9.17, 15) is 13.2 Å². The van der Waals surface area contributed by atoms with E-state index in [0.717, 1.165) is 24.0 Å². The zero-order valence-electron chi connectivity index (χ0n) is 10.3. The molecule has 0 spiro atoms. The summed E-state index contributed by atoms with van der Waals surface area (Å²) in [6, 6.07) is 5.95. The molecular weight excluding hydrogens is 239 g/mol. The van der Waals surface area contributed by atoms with Crippen molar-refractivity contribution in [2.24, 2.45) is 0 Å². The van der Waals surface area contributed by atoms with E-state index in [0.29, 0.717) is 0 Å². The smallest absolute Gasteiger partial charge is 0.297 e. The molecule has 1 aromatic rings. The Labute approximate surface area is 104 Å². The average Bonchev–Trinajstić information content (AvgIpc) is 2.97. The van der Waals surface area contributed by atoms with Gasteiger partial charge in [0.05, 0.1) is 0 Å². The molecule has 0 aromatic heterocycles. The molecule has 0 aliphatic heterocycles. The van der Waals surface area contributed by atoms with Gasteiger partial charge in [-0.05, 0) is 43.7 Å². The first-order chi connectivity index (χ1) is 8.41. The molecule has 1 fully saturated rings. The van der Waals surface area contributed by atoms with Crippen molar-refractivity contribution in [3.63, 3.8) is 0 Å². The summed E-state index contributed by atoms with van der Waals surface area (Å²) in [5, 5.41) is 2.86. The highest BCUT2D eigenvalue weighted by molar-refractivity contribution is 5.38. The summed E-state index contributed by atoms with van der Waals surface area (Å²) >= 11 is 0. The molecule has 1 aromatic carbocycles. The van der Waals surface area contributed by atoms with Gasteiger partial charge in [0, 0.05) is 6.04 Å². The fraction of sp³-hybridized carbons (Fsp3) is 0.571. The van der Waals surface area contributed by atoms with E-state index in [1.54, 1.807) is 0 Å². The lowest BCUT2D eigenvalue weighted by Crippen LogP contribution is -2.46. The van der Waals surface area contributed by atoms with Crippen LogP contribution in [0.15, 0.2) is 18.2 Å². The molecule has 2 aliphatic rings. The second-order valence-electron chi connectivity index (χ2n) is 5.52. The minimum Gasteiger partial charge on any atom is -0.297 e. The fourth-order valence-corrected chi connectivity index (χ4v) is 2.84. The van der Waals surface area contributed by atoms with Gasteiger partial charge in [-0.3, -0.25) is 5.32 Å². The Morgan fingerprint density at radius 2 is 2.00 bits per heavy atom. The van der Waals surface area contributed by atoms with E-state index in [2.05, 4.69) is 5.32 Å². The second-order valence-corrected chi connectivity index (χ2v) is 5.52. The predicted octanol–water partition coefficient (Wildman–Crippen LogP) is 3.67. The first-order valence-corrected chi connectivity index (χ1v) is 6.35. The number of hydrogen-bond acceptors (Lipinski definition) is 1. The van der Waals surface area contributed by atoms with Crippen LogP contribution in [0, 0.1) is 6.92 Å². The lowest BCUT2D eigenvalue weighted by Gasteiger charge is -2.25. The van der Waals surface area contributed by atoms with Crippen molar-refractivity contribution in [3.8, 4) is 0 Å². The van der Waals surface area contributed by atoms with Crippen molar-refractivity contribution in [1.82, 2.24) is 5.32 Å². The van der Waals surface area contributed by atoms with Crippen LogP contribution in [-0.4, -0.2) is 11.7 Å². The predicted molar refractivity (Wildman–Crippen MR) is 63.4 cm³/mol. The van der Waals surface area contributed by atoms with Crippen LogP contribution in [0.5, 0.6) is 0 Å². The van der Waals surface area contributed by atoms with Gasteiger partial charge in [-0.15, -0.1) is 0 Å². The third kappa shape index (κ3) is 1.83. The van der Waals surface area contributed by atoms with E-state index >= 15 is 0 Å². The molecule has 0 bridgehead atoms. The molecule has 1 N–H and O–H groups in total. The van der Waals surface area contributed by atoms with Gasteiger partial charge in [0.25, 0.3) is 0 Å². The molecule has 0 heterocycles. The molecule has 0 saturated heterocycles. The van der Waals surface area contributed by atoms with Crippen molar-refractivity contribution < 1.29 is 13.2 Å². The largest absolute Gasteiger partial charge is 0.406 e. The third-order valence-corrected chi connectivity index (χ3v) is 4.12. The number of benzene rings is 1. The van der Waals surface area contributed by atoms with Gasteiger partial charge in [-0.2, -0.15) is 13.2 Å². The molecule has 3 rings (SSSR count). The standard InChI is InChI=1S/C14H16F3N/c1-9-2-3-10-4-5-12(11(10)8-9)18-13(6-7-13)14(15,16)17/h2-3,8,12,18H,4-7H2,1H3. The van der Waals surface area contributed by atoms with Gasteiger partial charge < -0.3 is 0 Å². The summed E-state index contributed by atoms with van der Waals surface area (Å²) in [4.78, 5) is 0. The summed E-state index contributed by atoms with van der Waals surface area (Å²) in [6.07, 6.45) is -2.04. The molecule has 2 aliphatic carbocycles. The minimum absolute atomic E-state index is 0.135. The van der Waals surface area contributed by atoms with Crippen molar-refractivity contribution in [2.45, 2.75) is 50.4 Å². The summed E-state index contributed by atoms with van der Waals surface area (Å²) in [5.74, 6) is 0. The molecule has 1 atom stereocenters. The van der Waals surface area contributed by atoms with Crippen LogP contribution < -0.4 is 5.32 Å². The van der Waals surface area contributed by atoms with Gasteiger partial charge in [0.1, 0.15) is 5.54 Å². The van der Waals surface area contributed by atoms with Crippen LogP contribution in [-0.2, 0) is 6.42 Å². The number of aryl methyl sites for hydroxylation is 2. The lowest BCUT2D eigenvalue weighted by atomic mass is 10.0. The average molecular weight is 255 g/mol. The molecule has 1 unspecified atom stereocenters. The maximum atomic E-state index is 12.9. The molecular formula is C14H16F3N. The summed E-state index contributed by atoms with van der Waals surface area (Å²) in [7, 11) is 0. The van der Waals surface area contributed by atoms with Crippen molar-refractivity contribution in [2.75, 3.05) is 0 Å². The van der Waals surface area contributed by atoms with Gasteiger partial charge in [-0.25, -0.2) is 0 Å². The van der Waals surface area contributed by atoms with Crippen LogP contribution in [0.25, 0.3) is 0 Å². The lowest BCUT2D eigenvalue weighted by molar-refractivity contribution is -0.168. The molecule has 1 nitrogen and oxygen atoms in total. The summed E-state index contributed by atoms with van der Waals surface area (Å²) in [6.45, 7) is 1.98. The number of fused-ring (bicyclic) bond motifs is 1. The third-order valence-electron chi connectivity index (χ3n) is 4.12. The van der Waals surface area contributed by atoms with E-state index in [1.165, 1.54) is 5.56 Å². The number of nitrogens with one attached hydrogen (secondary N) is 1. The van der Waals surface area contributed by atoms with Crippen LogP contribution >= 0.6 is 0 Å². The number of rotatable bonds is 2. The SMILES string of the molecule is Cc1ccc2c(c1)C(NC1(C(F)(F)F)CC1)CC2. The van der Waals surface area contributed by atoms with Gasteiger partial charge >= 0.3 is 6.18 Å². The summed E-state index contributed by atoms with van der Waals surface area (Å²) in [5.41, 5.74) is 1.75. The van der Waals surface area contributed by atoms with Crippen LogP contribution in [0.2, 0.25) is 0 Å². The highest BCUT2D eigenvalue weighted by Crippen LogP contribution is 2.51. The van der Waals surface area contributed by atoms with E-state index in [-0.39, 0.29) is 18.9 Å². The number of alkyl halides is 3. The Hall–Kier alpha value is -1.03. The first-order valence-electron chi connectivity index (χ1n) is 6.35. The van der Waals surface area contributed by atoms with E-state index in [1.807, 2.05) is 25.1 Å². The van der Waals surface area contributed by atoms with E-state index in [4.69, 9.17) is 0 Å². The van der Waals surface area contributed by atoms with Crippen LogP contribution in [0.3, 0.4) is 0 Å². The Bertz CT molecular complexity index is 474. The molecule has 98 valence electrons. The monoisotopic (exact) mass is 255 g/mol. The zero-order valence-corrected chi connectivity index (χ0v) is 10.3. The van der Waals surface area contributed by atoms with E-state index < -0.39 is 11.7 Å². The maximum Gasteiger partial charge on any atom is 0.406 e. The molecule has 0 amide bonds. The van der Waals surface area contributed by atoms with Crippen molar-refractivity contribution >= 4 is 0 Å². The van der Waals surface area contributed by atoms with Crippen molar-refractivity contribution in [1.29, 1.82) is 0 Å². The molecule has 18 heavy (non-hydrogen) atoms. The molecule has 1 saturated carbocycles. The summed E-state index contributed by atoms with van der Waals surface area (Å²) < 4.78 is 38.8. The van der Waals surface area contributed by atoms with Crippen LogP contribution in [0.1, 0.15) is 42.0 Å². The Morgan fingerprint density at radius 3 is 2.61 bits per heavy atom. The van der Waals surface area contributed by atoms with Gasteiger partial charge in [-0.1, -0.05) is 23.8 Å². The molecule has 0 radical (unpaired) electrons. The number of hydrogen-bond donors (Lipinski definition) is 1. The maximum absolute atomic E-state index is 12.9. The van der Waals surface area contributed by atoms with Crippen molar-refractivity contribution in [3.05, 3.63) is 34.9 Å². The number of halogens is 3. The van der Waals surface area contributed by atoms with Crippen LogP contribution in [0.4, 0.5) is 13.2 Å². The zero-order chi connectivity index (χ0) is 13.0. The first kappa shape index (κ1) is 12.0. The minimum atomic E-state index is -4.13. The second kappa shape index (κ2) is 3.73. The normalized spacial score (nSPS) is 25.0. The molecule has 4 heteroatoms. The highest BCUT2D eigenvalue weighted by Gasteiger charge is 2.64. The Morgan fingerprint density at radius 1 is 1.28 bits per heavy atom. The highest BCUT2D eigenvalue weighted by atomic mass is 19.4. The van der Waals surface area contributed by atoms with Gasteiger partial charge in [0.15, 0.2) is 0 Å². The Balaban J connectivity index is 1.83.